The van der Waals surface area contributed by atoms with Crippen LogP contribution in [0.15, 0.2) is 0 Å². The molecule has 0 radical (unpaired) electrons. The van der Waals surface area contributed by atoms with Gasteiger partial charge in [0.15, 0.2) is 0 Å². The van der Waals surface area contributed by atoms with Gasteiger partial charge >= 0.3 is 6.09 Å². The number of rotatable bonds is 2. The van der Waals surface area contributed by atoms with Crippen LogP contribution in [-0.2, 0) is 9.53 Å². The highest BCUT2D eigenvalue weighted by molar-refractivity contribution is 5.91. The van der Waals surface area contributed by atoms with E-state index in [1.165, 1.54) is 7.05 Å². The first-order chi connectivity index (χ1) is 6.28. The lowest BCUT2D eigenvalue weighted by Gasteiger charge is -2.23. The van der Waals surface area contributed by atoms with Crippen LogP contribution in [0.5, 0.6) is 0 Å². The van der Waals surface area contributed by atoms with E-state index in [1.54, 1.807) is 20.8 Å². The maximum absolute atomic E-state index is 11.4. The molecular formula is C10H19NO3. The Hall–Kier alpha value is -1.06. The Balaban J connectivity index is 4.19. The highest BCUT2D eigenvalue weighted by atomic mass is 16.6. The van der Waals surface area contributed by atoms with Crippen LogP contribution >= 0.6 is 0 Å². The van der Waals surface area contributed by atoms with E-state index in [9.17, 15) is 9.59 Å². The van der Waals surface area contributed by atoms with Crippen LogP contribution in [0.3, 0.4) is 0 Å². The van der Waals surface area contributed by atoms with Crippen molar-refractivity contribution in [1.29, 1.82) is 0 Å². The maximum Gasteiger partial charge on any atom is 0.416 e. The van der Waals surface area contributed by atoms with Gasteiger partial charge in [0.1, 0.15) is 5.60 Å². The van der Waals surface area contributed by atoms with Gasteiger partial charge in [0.25, 0.3) is 0 Å². The van der Waals surface area contributed by atoms with Crippen molar-refractivity contribution in [2.45, 2.75) is 46.1 Å². The fraction of sp³-hybridized carbons (Fsp3) is 0.800. The minimum absolute atomic E-state index is 0.207. The summed E-state index contributed by atoms with van der Waals surface area (Å²) in [7, 11) is 1.44. The summed E-state index contributed by atoms with van der Waals surface area (Å²) in [5, 5.41) is 0. The molecule has 14 heavy (non-hydrogen) atoms. The fourth-order valence-corrected chi connectivity index (χ4v) is 0.814. The Bertz CT molecular complexity index is 218. The Morgan fingerprint density at radius 1 is 1.29 bits per heavy atom. The van der Waals surface area contributed by atoms with E-state index in [1.807, 2.05) is 6.92 Å². The van der Waals surface area contributed by atoms with Crippen molar-refractivity contribution < 1.29 is 14.3 Å². The number of ether oxygens (including phenoxy) is 1. The second kappa shape index (κ2) is 4.98. The van der Waals surface area contributed by atoms with Crippen molar-refractivity contribution in [3.63, 3.8) is 0 Å². The van der Waals surface area contributed by atoms with Crippen molar-refractivity contribution in [3.05, 3.63) is 0 Å². The minimum Gasteiger partial charge on any atom is -0.443 e. The number of carbonyl (C=O) groups is 2. The second-order valence-corrected chi connectivity index (χ2v) is 4.18. The molecule has 0 aliphatic rings. The van der Waals surface area contributed by atoms with Crippen molar-refractivity contribution in [1.82, 2.24) is 4.90 Å². The van der Waals surface area contributed by atoms with Crippen LogP contribution in [0, 0.1) is 0 Å². The van der Waals surface area contributed by atoms with E-state index in [0.717, 1.165) is 11.3 Å². The first-order valence-electron chi connectivity index (χ1n) is 4.77. The van der Waals surface area contributed by atoms with E-state index in [0.29, 0.717) is 6.42 Å². The van der Waals surface area contributed by atoms with E-state index in [2.05, 4.69) is 0 Å². The van der Waals surface area contributed by atoms with Crippen molar-refractivity contribution >= 4 is 12.0 Å². The first kappa shape index (κ1) is 12.9. The minimum atomic E-state index is -0.587. The van der Waals surface area contributed by atoms with Crippen LogP contribution in [-0.4, -0.2) is 29.5 Å². The largest absolute Gasteiger partial charge is 0.443 e. The molecule has 0 saturated carbocycles. The zero-order chi connectivity index (χ0) is 11.4. The topological polar surface area (TPSA) is 46.6 Å². The monoisotopic (exact) mass is 201 g/mol. The molecule has 0 rings (SSSR count). The first-order valence-corrected chi connectivity index (χ1v) is 4.77. The van der Waals surface area contributed by atoms with Gasteiger partial charge in [-0.3, -0.25) is 9.69 Å². The summed E-state index contributed by atoms with van der Waals surface area (Å²) in [5.41, 5.74) is -0.558. The third-order valence-electron chi connectivity index (χ3n) is 1.51. The molecule has 0 aromatic rings. The molecule has 4 nitrogen and oxygen atoms in total. The zero-order valence-corrected chi connectivity index (χ0v) is 9.59. The zero-order valence-electron chi connectivity index (χ0n) is 9.59. The number of nitrogens with zero attached hydrogens (tertiary/aromatic N) is 1. The lowest BCUT2D eigenvalue weighted by Crippen LogP contribution is -2.37. The van der Waals surface area contributed by atoms with Gasteiger partial charge in [0, 0.05) is 13.5 Å². The van der Waals surface area contributed by atoms with Crippen LogP contribution < -0.4 is 0 Å². The van der Waals surface area contributed by atoms with Crippen molar-refractivity contribution in [2.24, 2.45) is 0 Å². The average Bonchev–Trinajstić information content (AvgIpc) is 2.00. The predicted molar refractivity (Wildman–Crippen MR) is 53.9 cm³/mol. The number of hydrogen-bond donors (Lipinski definition) is 0. The van der Waals surface area contributed by atoms with Gasteiger partial charge in [0.2, 0.25) is 5.91 Å². The third kappa shape index (κ3) is 4.84. The lowest BCUT2D eigenvalue weighted by molar-refractivity contribution is -0.129. The molecule has 0 bridgehead atoms. The summed E-state index contributed by atoms with van der Waals surface area (Å²) < 4.78 is 5.03. The van der Waals surface area contributed by atoms with Crippen LogP contribution in [0.25, 0.3) is 0 Å². The maximum atomic E-state index is 11.4. The molecular weight excluding hydrogens is 182 g/mol. The van der Waals surface area contributed by atoms with Gasteiger partial charge in [-0.05, 0) is 27.2 Å². The van der Waals surface area contributed by atoms with E-state index < -0.39 is 11.7 Å². The summed E-state index contributed by atoms with van der Waals surface area (Å²) in [4.78, 5) is 23.7. The van der Waals surface area contributed by atoms with E-state index >= 15 is 0 Å². The molecule has 0 N–H and O–H groups in total. The molecule has 0 aliphatic heterocycles. The number of imide groups is 1. The Labute approximate surface area is 85.2 Å². The highest BCUT2D eigenvalue weighted by Gasteiger charge is 2.22. The predicted octanol–water partition coefficient (Wildman–Crippen LogP) is 2.18. The molecule has 0 spiro atoms. The van der Waals surface area contributed by atoms with Gasteiger partial charge in [0.05, 0.1) is 0 Å². The summed E-state index contributed by atoms with van der Waals surface area (Å²) >= 11 is 0. The molecule has 2 amide bonds. The SMILES string of the molecule is CCCC(=O)N(C)C(=O)OC(C)(C)C. The summed E-state index contributed by atoms with van der Waals surface area (Å²) in [6, 6.07) is 0. The van der Waals surface area contributed by atoms with Gasteiger partial charge in [-0.1, -0.05) is 6.92 Å². The lowest BCUT2D eigenvalue weighted by atomic mass is 10.2. The Morgan fingerprint density at radius 3 is 2.14 bits per heavy atom. The van der Waals surface area contributed by atoms with Gasteiger partial charge in [-0.2, -0.15) is 0 Å². The molecule has 0 aliphatic carbocycles. The van der Waals surface area contributed by atoms with Gasteiger partial charge < -0.3 is 4.74 Å². The van der Waals surface area contributed by atoms with Gasteiger partial charge in [-0.25, -0.2) is 4.79 Å². The third-order valence-corrected chi connectivity index (χ3v) is 1.51. The van der Waals surface area contributed by atoms with E-state index in [-0.39, 0.29) is 5.91 Å². The molecule has 0 unspecified atom stereocenters. The fourth-order valence-electron chi connectivity index (χ4n) is 0.814. The van der Waals surface area contributed by atoms with Crippen LogP contribution in [0.2, 0.25) is 0 Å². The Kier molecular flexibility index (Phi) is 4.60. The van der Waals surface area contributed by atoms with Crippen molar-refractivity contribution in [3.8, 4) is 0 Å². The van der Waals surface area contributed by atoms with Crippen molar-refractivity contribution in [2.75, 3.05) is 7.05 Å². The van der Waals surface area contributed by atoms with Crippen LogP contribution in [0.4, 0.5) is 4.79 Å². The molecule has 0 atom stereocenters. The quantitative estimate of drug-likeness (QED) is 0.688. The van der Waals surface area contributed by atoms with E-state index in [4.69, 9.17) is 4.74 Å². The normalized spacial score (nSPS) is 10.9. The molecule has 4 heteroatoms. The number of amides is 2. The molecule has 82 valence electrons. The molecule has 0 aromatic heterocycles. The van der Waals surface area contributed by atoms with Crippen LogP contribution in [0.1, 0.15) is 40.5 Å². The Morgan fingerprint density at radius 2 is 1.79 bits per heavy atom. The molecule has 0 heterocycles. The summed E-state index contributed by atoms with van der Waals surface area (Å²) in [6.45, 7) is 7.19. The number of carbonyl (C=O) groups excluding carboxylic acids is 2. The number of hydrogen-bond acceptors (Lipinski definition) is 3. The molecule has 0 saturated heterocycles. The second-order valence-electron chi connectivity index (χ2n) is 4.18. The highest BCUT2D eigenvalue weighted by Crippen LogP contribution is 2.09. The molecule has 0 fully saturated rings. The molecule has 0 aromatic carbocycles. The summed E-state index contributed by atoms with van der Waals surface area (Å²) in [5.74, 6) is -0.207. The average molecular weight is 201 g/mol. The summed E-state index contributed by atoms with van der Waals surface area (Å²) in [6.07, 6.45) is 0.512. The standard InChI is InChI=1S/C10H19NO3/c1-6-7-8(12)11(5)9(13)14-10(2,3)4/h6-7H2,1-5H3. The smallest absolute Gasteiger partial charge is 0.416 e. The van der Waals surface area contributed by atoms with Gasteiger partial charge in [-0.15, -0.1) is 0 Å².